The summed E-state index contributed by atoms with van der Waals surface area (Å²) < 4.78 is 0. The number of carbonyl (C=O) groups is 1. The average Bonchev–Trinajstić information content (AvgIpc) is 1.89. The van der Waals surface area contributed by atoms with Crippen LogP contribution >= 0.6 is 15.9 Å². The molecular formula is C7H9BrO. The summed E-state index contributed by atoms with van der Waals surface area (Å²) in [7, 11) is 0. The zero-order valence-corrected chi connectivity index (χ0v) is 6.78. The van der Waals surface area contributed by atoms with Gasteiger partial charge in [-0.3, -0.25) is 4.79 Å². The van der Waals surface area contributed by atoms with E-state index in [1.54, 1.807) is 4.99 Å². The largest absolute Gasteiger partial charge is 0.295 e. The van der Waals surface area contributed by atoms with Crippen LogP contribution in [0.1, 0.15) is 25.7 Å². The fourth-order valence-corrected chi connectivity index (χ4v) is 1.50. The van der Waals surface area contributed by atoms with Gasteiger partial charge in [-0.05, 0) is 24.2 Å². The van der Waals surface area contributed by atoms with E-state index in [2.05, 4.69) is 15.9 Å². The van der Waals surface area contributed by atoms with Gasteiger partial charge in [0.25, 0.3) is 0 Å². The second kappa shape index (κ2) is 3.16. The number of ketones is 1. The molecule has 9 heavy (non-hydrogen) atoms. The minimum absolute atomic E-state index is 0.318. The Kier molecular flexibility index (Phi) is 2.46. The minimum atomic E-state index is 0.318. The predicted molar refractivity (Wildman–Crippen MR) is 40.5 cm³/mol. The first-order valence-electron chi connectivity index (χ1n) is 3.17. The topological polar surface area (TPSA) is 17.1 Å². The Morgan fingerprint density at radius 3 is 2.44 bits per heavy atom. The molecule has 1 nitrogen and oxygen atoms in total. The molecule has 0 bridgehead atoms. The highest BCUT2D eigenvalue weighted by molar-refractivity contribution is 9.11. The molecule has 0 aromatic rings. The predicted octanol–water partition coefficient (Wildman–Crippen LogP) is 2.41. The van der Waals surface area contributed by atoms with E-state index >= 15 is 0 Å². The molecule has 0 heterocycles. The molecule has 1 rings (SSSR count). The lowest BCUT2D eigenvalue weighted by atomic mass is 9.95. The number of allylic oxidation sites excluding steroid dienone is 1. The second-order valence-electron chi connectivity index (χ2n) is 2.26. The molecule has 0 unspecified atom stereocenters. The van der Waals surface area contributed by atoms with Crippen LogP contribution in [0, 0.1) is 0 Å². The van der Waals surface area contributed by atoms with Gasteiger partial charge >= 0.3 is 0 Å². The van der Waals surface area contributed by atoms with Crippen LogP contribution in [0.25, 0.3) is 0 Å². The Bertz CT molecular complexity index is 149. The van der Waals surface area contributed by atoms with Gasteiger partial charge in [0.2, 0.25) is 0 Å². The Hall–Kier alpha value is -0.110. The first kappa shape index (κ1) is 7.00. The van der Waals surface area contributed by atoms with Gasteiger partial charge in [-0.15, -0.1) is 0 Å². The van der Waals surface area contributed by atoms with Crippen molar-refractivity contribution >= 4 is 21.7 Å². The summed E-state index contributed by atoms with van der Waals surface area (Å²) in [5.74, 6) is 0.318. The Balaban J connectivity index is 2.60. The van der Waals surface area contributed by atoms with Gasteiger partial charge in [0.1, 0.15) is 0 Å². The zero-order valence-electron chi connectivity index (χ0n) is 5.19. The molecule has 0 saturated heterocycles. The molecule has 50 valence electrons. The summed E-state index contributed by atoms with van der Waals surface area (Å²) in [6, 6.07) is 0. The van der Waals surface area contributed by atoms with Gasteiger partial charge in [-0.25, -0.2) is 0 Å². The van der Waals surface area contributed by atoms with Crippen molar-refractivity contribution in [3.8, 4) is 0 Å². The molecule has 0 aliphatic heterocycles. The van der Waals surface area contributed by atoms with E-state index in [9.17, 15) is 4.79 Å². The van der Waals surface area contributed by atoms with Crippen LogP contribution in [0.5, 0.6) is 0 Å². The molecule has 2 heteroatoms. The van der Waals surface area contributed by atoms with Crippen molar-refractivity contribution in [1.82, 2.24) is 0 Å². The van der Waals surface area contributed by atoms with Crippen LogP contribution in [-0.4, -0.2) is 5.78 Å². The molecule has 0 atom stereocenters. The Morgan fingerprint density at radius 1 is 1.33 bits per heavy atom. The Labute approximate surface area is 63.3 Å². The third-order valence-corrected chi connectivity index (χ3v) is 2.14. The van der Waals surface area contributed by atoms with Gasteiger partial charge in [-0.1, -0.05) is 15.9 Å². The van der Waals surface area contributed by atoms with Crippen LogP contribution in [0.3, 0.4) is 0 Å². The number of halogens is 1. The lowest BCUT2D eigenvalue weighted by Crippen LogP contribution is -2.07. The van der Waals surface area contributed by atoms with Crippen molar-refractivity contribution in [1.29, 1.82) is 0 Å². The highest BCUT2D eigenvalue weighted by Crippen LogP contribution is 2.20. The fraction of sp³-hybridized carbons (Fsp3) is 0.571. The minimum Gasteiger partial charge on any atom is -0.295 e. The maximum atomic E-state index is 10.9. The standard InChI is InChI=1S/C7H9BrO/c8-5-6-3-1-2-4-7(6)9/h5H,1-4H2/b6-5-. The number of rotatable bonds is 0. The number of hydrogen-bond donors (Lipinski definition) is 0. The smallest absolute Gasteiger partial charge is 0.159 e. The molecule has 0 radical (unpaired) electrons. The summed E-state index contributed by atoms with van der Waals surface area (Å²) >= 11 is 3.17. The molecule has 0 aromatic heterocycles. The zero-order chi connectivity index (χ0) is 6.69. The van der Waals surface area contributed by atoms with E-state index in [4.69, 9.17) is 0 Å². The van der Waals surface area contributed by atoms with Gasteiger partial charge in [0, 0.05) is 12.0 Å². The molecule has 0 N–H and O–H groups in total. The summed E-state index contributed by atoms with van der Waals surface area (Å²) in [5, 5.41) is 0. The van der Waals surface area contributed by atoms with Crippen molar-refractivity contribution < 1.29 is 4.79 Å². The van der Waals surface area contributed by atoms with Gasteiger partial charge < -0.3 is 0 Å². The summed E-state index contributed by atoms with van der Waals surface area (Å²) in [6.07, 6.45) is 3.95. The number of Topliss-reactive ketones (excluding diaryl/α,β-unsaturated/α-hetero) is 1. The van der Waals surface area contributed by atoms with Crippen LogP contribution in [0.15, 0.2) is 10.6 Å². The van der Waals surface area contributed by atoms with Crippen LogP contribution in [-0.2, 0) is 4.79 Å². The lowest BCUT2D eigenvalue weighted by molar-refractivity contribution is -0.116. The Morgan fingerprint density at radius 2 is 2.00 bits per heavy atom. The van der Waals surface area contributed by atoms with E-state index < -0.39 is 0 Å². The number of carbonyl (C=O) groups excluding carboxylic acids is 1. The molecular weight excluding hydrogens is 180 g/mol. The van der Waals surface area contributed by atoms with E-state index in [1.807, 2.05) is 0 Å². The average molecular weight is 189 g/mol. The van der Waals surface area contributed by atoms with E-state index in [0.717, 1.165) is 24.8 Å². The second-order valence-corrected chi connectivity index (χ2v) is 2.72. The van der Waals surface area contributed by atoms with Crippen molar-refractivity contribution in [3.63, 3.8) is 0 Å². The maximum Gasteiger partial charge on any atom is 0.159 e. The molecule has 1 aliphatic rings. The highest BCUT2D eigenvalue weighted by Gasteiger charge is 2.13. The molecule has 1 aliphatic carbocycles. The van der Waals surface area contributed by atoms with E-state index in [0.29, 0.717) is 5.78 Å². The fourth-order valence-electron chi connectivity index (χ4n) is 1.02. The van der Waals surface area contributed by atoms with Gasteiger partial charge in [0.05, 0.1) is 0 Å². The normalized spacial score (nSPS) is 25.0. The van der Waals surface area contributed by atoms with Gasteiger partial charge in [-0.2, -0.15) is 0 Å². The quantitative estimate of drug-likeness (QED) is 0.534. The van der Waals surface area contributed by atoms with Crippen LogP contribution < -0.4 is 0 Å². The number of hydrogen-bond acceptors (Lipinski definition) is 1. The van der Waals surface area contributed by atoms with Crippen LogP contribution in [0.2, 0.25) is 0 Å². The molecule has 0 spiro atoms. The highest BCUT2D eigenvalue weighted by atomic mass is 79.9. The molecule has 0 aromatic carbocycles. The lowest BCUT2D eigenvalue weighted by Gasteiger charge is -2.10. The third kappa shape index (κ3) is 1.65. The van der Waals surface area contributed by atoms with E-state index in [-0.39, 0.29) is 0 Å². The maximum absolute atomic E-state index is 10.9. The summed E-state index contributed by atoms with van der Waals surface area (Å²) in [4.78, 5) is 12.7. The molecule has 1 saturated carbocycles. The molecule has 0 amide bonds. The first-order chi connectivity index (χ1) is 4.34. The van der Waals surface area contributed by atoms with Crippen molar-refractivity contribution in [2.45, 2.75) is 25.7 Å². The van der Waals surface area contributed by atoms with E-state index in [1.165, 1.54) is 6.42 Å². The van der Waals surface area contributed by atoms with Crippen molar-refractivity contribution in [2.75, 3.05) is 0 Å². The SMILES string of the molecule is O=C1CCCC/C1=C/Br. The first-order valence-corrected chi connectivity index (χ1v) is 4.08. The monoisotopic (exact) mass is 188 g/mol. The summed E-state index contributed by atoms with van der Waals surface area (Å²) in [6.45, 7) is 0. The molecule has 1 fully saturated rings. The van der Waals surface area contributed by atoms with Gasteiger partial charge in [0.15, 0.2) is 5.78 Å². The third-order valence-electron chi connectivity index (χ3n) is 1.59. The van der Waals surface area contributed by atoms with Crippen LogP contribution in [0.4, 0.5) is 0 Å². The van der Waals surface area contributed by atoms with Crippen molar-refractivity contribution in [3.05, 3.63) is 10.6 Å². The van der Waals surface area contributed by atoms with Crippen molar-refractivity contribution in [2.24, 2.45) is 0 Å². The summed E-state index contributed by atoms with van der Waals surface area (Å²) in [5.41, 5.74) is 0.959.